The lowest BCUT2D eigenvalue weighted by Crippen LogP contribution is -2.73. The molecule has 4 heteroatoms. The van der Waals surface area contributed by atoms with Crippen LogP contribution in [0.3, 0.4) is 0 Å². The van der Waals surface area contributed by atoms with E-state index < -0.39 is 0 Å². The van der Waals surface area contributed by atoms with E-state index in [2.05, 4.69) is 31.0 Å². The molecule has 2 atom stereocenters. The van der Waals surface area contributed by atoms with E-state index >= 15 is 0 Å². The minimum absolute atomic E-state index is 0.0700. The summed E-state index contributed by atoms with van der Waals surface area (Å²) in [4.78, 5) is 14.1. The fourth-order valence-corrected chi connectivity index (χ4v) is 1.98. The van der Waals surface area contributed by atoms with Gasteiger partial charge in [0.1, 0.15) is 0 Å². The minimum atomic E-state index is -0.106. The lowest BCUT2D eigenvalue weighted by molar-refractivity contribution is -0.130. The average molecular weight is 241 g/mol. The van der Waals surface area contributed by atoms with Gasteiger partial charge in [-0.2, -0.15) is 0 Å². The summed E-state index contributed by atoms with van der Waals surface area (Å²) in [6, 6.07) is 0.179. The van der Waals surface area contributed by atoms with E-state index in [4.69, 9.17) is 5.73 Å². The number of nitrogens with two attached hydrogens (primary N) is 1. The van der Waals surface area contributed by atoms with Crippen molar-refractivity contribution in [3.8, 4) is 0 Å². The summed E-state index contributed by atoms with van der Waals surface area (Å²) in [6.45, 7) is 12.0. The summed E-state index contributed by atoms with van der Waals surface area (Å²) in [5, 5.41) is 3.01. The summed E-state index contributed by atoms with van der Waals surface area (Å²) < 4.78 is 0. The van der Waals surface area contributed by atoms with Crippen LogP contribution in [0.1, 0.15) is 41.0 Å². The first-order chi connectivity index (χ1) is 7.80. The molecular formula is C13H27N3O. The second-order valence-electron chi connectivity index (χ2n) is 5.79. The molecule has 0 radical (unpaired) electrons. The van der Waals surface area contributed by atoms with E-state index in [0.717, 1.165) is 19.5 Å². The van der Waals surface area contributed by atoms with Gasteiger partial charge in [-0.15, -0.1) is 0 Å². The Morgan fingerprint density at radius 2 is 1.88 bits per heavy atom. The van der Waals surface area contributed by atoms with Gasteiger partial charge in [0, 0.05) is 24.7 Å². The van der Waals surface area contributed by atoms with Gasteiger partial charge in [0.15, 0.2) is 0 Å². The Labute approximate surface area is 105 Å². The van der Waals surface area contributed by atoms with Crippen LogP contribution >= 0.6 is 0 Å². The zero-order chi connectivity index (χ0) is 13.2. The highest BCUT2D eigenvalue weighted by molar-refractivity contribution is 5.81. The van der Waals surface area contributed by atoms with Gasteiger partial charge >= 0.3 is 0 Å². The molecule has 0 saturated carbocycles. The van der Waals surface area contributed by atoms with Crippen LogP contribution in [-0.2, 0) is 4.79 Å². The third-order valence-electron chi connectivity index (χ3n) is 4.07. The molecule has 0 aromatic heterocycles. The summed E-state index contributed by atoms with van der Waals surface area (Å²) in [5.41, 5.74) is 6.12. The Hall–Kier alpha value is -0.610. The molecule has 1 fully saturated rings. The first-order valence-electron chi connectivity index (χ1n) is 6.63. The number of hydrogen-bond acceptors (Lipinski definition) is 3. The summed E-state index contributed by atoms with van der Waals surface area (Å²) in [7, 11) is 0. The first kappa shape index (κ1) is 14.5. The Kier molecular flexibility index (Phi) is 4.55. The van der Waals surface area contributed by atoms with Gasteiger partial charge in [-0.1, -0.05) is 20.8 Å². The standard InChI is InChI=1S/C13H27N3O/c1-6-10(4)15-12(17)11(5)16-7-13(14,8-16)9(2)3/h9-11H,6-8,14H2,1-5H3,(H,15,17). The van der Waals surface area contributed by atoms with Crippen molar-refractivity contribution in [1.29, 1.82) is 0 Å². The van der Waals surface area contributed by atoms with Gasteiger partial charge in [0.05, 0.1) is 6.04 Å². The molecule has 1 rings (SSSR count). The highest BCUT2D eigenvalue weighted by Gasteiger charge is 2.44. The number of carbonyl (C=O) groups is 1. The molecule has 3 N–H and O–H groups in total. The zero-order valence-corrected chi connectivity index (χ0v) is 11.8. The Balaban J connectivity index is 2.41. The highest BCUT2D eigenvalue weighted by atomic mass is 16.2. The molecule has 0 spiro atoms. The molecule has 0 bridgehead atoms. The second kappa shape index (κ2) is 5.36. The molecule has 0 aliphatic carbocycles. The molecule has 1 amide bonds. The molecular weight excluding hydrogens is 214 g/mol. The van der Waals surface area contributed by atoms with Gasteiger partial charge in [0.25, 0.3) is 0 Å². The number of nitrogens with one attached hydrogen (secondary N) is 1. The molecule has 1 saturated heterocycles. The molecule has 0 aromatic rings. The molecule has 100 valence electrons. The smallest absolute Gasteiger partial charge is 0.237 e. The highest BCUT2D eigenvalue weighted by Crippen LogP contribution is 2.27. The number of amides is 1. The molecule has 2 unspecified atom stereocenters. The first-order valence-corrected chi connectivity index (χ1v) is 6.63. The lowest BCUT2D eigenvalue weighted by atomic mass is 9.79. The fourth-order valence-electron chi connectivity index (χ4n) is 1.98. The second-order valence-corrected chi connectivity index (χ2v) is 5.79. The normalized spacial score (nSPS) is 23.0. The van der Waals surface area contributed by atoms with Gasteiger partial charge in [-0.3, -0.25) is 9.69 Å². The topological polar surface area (TPSA) is 58.4 Å². The van der Waals surface area contributed by atoms with Crippen LogP contribution < -0.4 is 11.1 Å². The van der Waals surface area contributed by atoms with E-state index in [-0.39, 0.29) is 23.5 Å². The van der Waals surface area contributed by atoms with Crippen molar-refractivity contribution >= 4 is 5.91 Å². The van der Waals surface area contributed by atoms with Crippen molar-refractivity contribution in [3.63, 3.8) is 0 Å². The van der Waals surface area contributed by atoms with Crippen LogP contribution in [0.5, 0.6) is 0 Å². The number of hydrogen-bond donors (Lipinski definition) is 2. The Bertz CT molecular complexity index is 272. The van der Waals surface area contributed by atoms with Gasteiger partial charge in [0.2, 0.25) is 5.91 Å². The monoisotopic (exact) mass is 241 g/mol. The number of nitrogens with zero attached hydrogens (tertiary/aromatic N) is 1. The van der Waals surface area contributed by atoms with Crippen LogP contribution in [0.25, 0.3) is 0 Å². The van der Waals surface area contributed by atoms with E-state index in [9.17, 15) is 4.79 Å². The third kappa shape index (κ3) is 3.19. The van der Waals surface area contributed by atoms with Crippen molar-refractivity contribution in [3.05, 3.63) is 0 Å². The molecule has 17 heavy (non-hydrogen) atoms. The predicted octanol–water partition coefficient (Wildman–Crippen LogP) is 0.959. The SMILES string of the molecule is CCC(C)NC(=O)C(C)N1CC(N)(C(C)C)C1. The molecule has 1 aliphatic rings. The number of rotatable bonds is 5. The Morgan fingerprint density at radius 1 is 1.35 bits per heavy atom. The molecule has 0 aromatic carbocycles. The fraction of sp³-hybridized carbons (Fsp3) is 0.923. The lowest BCUT2D eigenvalue weighted by Gasteiger charge is -2.52. The maximum Gasteiger partial charge on any atom is 0.237 e. The quantitative estimate of drug-likeness (QED) is 0.754. The third-order valence-corrected chi connectivity index (χ3v) is 4.07. The van der Waals surface area contributed by atoms with Crippen LogP contribution in [0, 0.1) is 5.92 Å². The number of carbonyl (C=O) groups excluding carboxylic acids is 1. The van der Waals surface area contributed by atoms with Crippen LogP contribution in [-0.4, -0.2) is 41.5 Å². The Morgan fingerprint density at radius 3 is 2.29 bits per heavy atom. The van der Waals surface area contributed by atoms with E-state index in [1.807, 2.05) is 13.8 Å². The predicted molar refractivity (Wildman–Crippen MR) is 70.7 cm³/mol. The van der Waals surface area contributed by atoms with Crippen molar-refractivity contribution in [2.75, 3.05) is 13.1 Å². The van der Waals surface area contributed by atoms with Crippen LogP contribution in [0.15, 0.2) is 0 Å². The summed E-state index contributed by atoms with van der Waals surface area (Å²) in [6.07, 6.45) is 0.964. The maximum absolute atomic E-state index is 11.9. The average Bonchev–Trinajstić information content (AvgIpc) is 2.22. The van der Waals surface area contributed by atoms with Gasteiger partial charge < -0.3 is 11.1 Å². The molecule has 1 heterocycles. The zero-order valence-electron chi connectivity index (χ0n) is 11.8. The van der Waals surface area contributed by atoms with Crippen LogP contribution in [0.4, 0.5) is 0 Å². The maximum atomic E-state index is 11.9. The van der Waals surface area contributed by atoms with Gasteiger partial charge in [-0.25, -0.2) is 0 Å². The van der Waals surface area contributed by atoms with E-state index in [1.165, 1.54) is 0 Å². The molecule has 4 nitrogen and oxygen atoms in total. The van der Waals surface area contributed by atoms with Crippen molar-refractivity contribution < 1.29 is 4.79 Å². The summed E-state index contributed by atoms with van der Waals surface area (Å²) in [5.74, 6) is 0.578. The van der Waals surface area contributed by atoms with Crippen molar-refractivity contribution in [1.82, 2.24) is 10.2 Å². The van der Waals surface area contributed by atoms with E-state index in [1.54, 1.807) is 0 Å². The minimum Gasteiger partial charge on any atom is -0.352 e. The van der Waals surface area contributed by atoms with Crippen molar-refractivity contribution in [2.24, 2.45) is 11.7 Å². The van der Waals surface area contributed by atoms with Crippen molar-refractivity contribution in [2.45, 2.75) is 58.7 Å². The van der Waals surface area contributed by atoms with Gasteiger partial charge in [-0.05, 0) is 26.2 Å². The number of likely N-dealkylation sites (tertiary alicyclic amines) is 1. The molecule has 1 aliphatic heterocycles. The van der Waals surface area contributed by atoms with E-state index in [0.29, 0.717) is 5.92 Å². The van der Waals surface area contributed by atoms with Crippen LogP contribution in [0.2, 0.25) is 0 Å². The largest absolute Gasteiger partial charge is 0.352 e. The summed E-state index contributed by atoms with van der Waals surface area (Å²) >= 11 is 0.